The monoisotopic (exact) mass is 545 g/mol. The molecular formula is C29H35N7O4. The van der Waals surface area contributed by atoms with E-state index in [1.54, 1.807) is 37.6 Å². The van der Waals surface area contributed by atoms with Crippen molar-refractivity contribution < 1.29 is 19.0 Å². The zero-order valence-electron chi connectivity index (χ0n) is 22.9. The molecule has 2 aromatic carbocycles. The van der Waals surface area contributed by atoms with Crippen LogP contribution in [0.1, 0.15) is 0 Å². The summed E-state index contributed by atoms with van der Waals surface area (Å²) in [5.41, 5.74) is 3.29. The summed E-state index contributed by atoms with van der Waals surface area (Å²) in [5, 5.41) is 6.03. The number of nitrogens with one attached hydrogen (secondary N) is 2. The second kappa shape index (κ2) is 12.7. The number of hydrogen-bond donors (Lipinski definition) is 2. The summed E-state index contributed by atoms with van der Waals surface area (Å²) in [6.45, 7) is 10.1. The Labute approximate surface area is 234 Å². The standard InChI is InChI=1S/C29H35N7O4/c1-4-27(37)31-21-5-8-23(9-6-21)40-28-25(36-15-17-39-18-16-36)20-30-29(33-28)32-24-10-7-22(19-26(24)38-3)35-13-11-34(2)12-14-35/h4-10,19-20H,1,11-18H2,2-3H3,(H,31,37)(H,30,32,33). The third-order valence-electron chi connectivity index (χ3n) is 6.91. The van der Waals surface area contributed by atoms with Crippen molar-refractivity contribution in [2.75, 3.05) is 87.1 Å². The number of methoxy groups -OCH3 is 1. The Morgan fingerprint density at radius 3 is 2.48 bits per heavy atom. The van der Waals surface area contributed by atoms with Crippen LogP contribution < -0.4 is 29.9 Å². The van der Waals surface area contributed by atoms with Gasteiger partial charge in [-0.1, -0.05) is 6.58 Å². The molecule has 2 aliphatic rings. The number of ether oxygens (including phenoxy) is 3. The number of aromatic nitrogens is 2. The van der Waals surface area contributed by atoms with E-state index in [1.165, 1.54) is 6.08 Å². The minimum absolute atomic E-state index is 0.276. The molecule has 0 aliphatic carbocycles. The molecule has 0 atom stereocenters. The number of benzene rings is 2. The second-order valence-corrected chi connectivity index (χ2v) is 9.60. The van der Waals surface area contributed by atoms with Crippen LogP contribution in [0, 0.1) is 0 Å². The molecule has 2 saturated heterocycles. The lowest BCUT2D eigenvalue weighted by Crippen LogP contribution is -2.44. The van der Waals surface area contributed by atoms with Gasteiger partial charge in [-0.2, -0.15) is 4.98 Å². The molecule has 210 valence electrons. The normalized spacial score (nSPS) is 15.8. The number of piperazine rings is 1. The van der Waals surface area contributed by atoms with Crippen LogP contribution in [0.5, 0.6) is 17.4 Å². The lowest BCUT2D eigenvalue weighted by atomic mass is 10.2. The number of likely N-dealkylation sites (N-methyl/N-ethyl adjacent to an activating group) is 1. The highest BCUT2D eigenvalue weighted by Crippen LogP contribution is 2.35. The number of rotatable bonds is 9. The highest BCUT2D eigenvalue weighted by Gasteiger charge is 2.20. The van der Waals surface area contributed by atoms with Crippen LogP contribution in [0.2, 0.25) is 0 Å². The van der Waals surface area contributed by atoms with Crippen molar-refractivity contribution in [1.29, 1.82) is 0 Å². The van der Waals surface area contributed by atoms with Crippen molar-refractivity contribution in [3.05, 3.63) is 61.3 Å². The summed E-state index contributed by atoms with van der Waals surface area (Å²) in [7, 11) is 3.80. The summed E-state index contributed by atoms with van der Waals surface area (Å²) in [6, 6.07) is 13.2. The molecule has 0 radical (unpaired) electrons. The molecule has 2 aliphatic heterocycles. The second-order valence-electron chi connectivity index (χ2n) is 9.60. The summed E-state index contributed by atoms with van der Waals surface area (Å²) in [5.74, 6) is 1.80. The van der Waals surface area contributed by atoms with Crippen molar-refractivity contribution in [3.8, 4) is 17.4 Å². The molecule has 0 saturated carbocycles. The van der Waals surface area contributed by atoms with Gasteiger partial charge in [-0.05, 0) is 49.5 Å². The van der Waals surface area contributed by atoms with E-state index in [0.29, 0.717) is 55.3 Å². The quantitative estimate of drug-likeness (QED) is 0.387. The number of carbonyl (C=O) groups is 1. The Morgan fingerprint density at radius 2 is 1.77 bits per heavy atom. The number of amides is 1. The van der Waals surface area contributed by atoms with Crippen molar-refractivity contribution in [1.82, 2.24) is 14.9 Å². The number of carbonyl (C=O) groups excluding carboxylic acids is 1. The van der Waals surface area contributed by atoms with E-state index in [1.807, 2.05) is 12.1 Å². The Bertz CT molecular complexity index is 1320. The van der Waals surface area contributed by atoms with Crippen molar-refractivity contribution in [3.63, 3.8) is 0 Å². The van der Waals surface area contributed by atoms with Crippen molar-refractivity contribution in [2.45, 2.75) is 0 Å². The Morgan fingerprint density at radius 1 is 1.02 bits per heavy atom. The molecule has 40 heavy (non-hydrogen) atoms. The van der Waals surface area contributed by atoms with Gasteiger partial charge in [0.15, 0.2) is 0 Å². The summed E-state index contributed by atoms with van der Waals surface area (Å²) < 4.78 is 17.5. The zero-order chi connectivity index (χ0) is 27.9. The summed E-state index contributed by atoms with van der Waals surface area (Å²) in [6.07, 6.45) is 2.99. The Hall–Kier alpha value is -4.35. The first-order chi connectivity index (χ1) is 19.5. The summed E-state index contributed by atoms with van der Waals surface area (Å²) in [4.78, 5) is 27.8. The van der Waals surface area contributed by atoms with E-state index >= 15 is 0 Å². The van der Waals surface area contributed by atoms with Crippen LogP contribution in [0.15, 0.2) is 61.3 Å². The van der Waals surface area contributed by atoms with Crippen LogP contribution in [-0.2, 0) is 9.53 Å². The maximum atomic E-state index is 11.6. The Balaban J connectivity index is 1.38. The predicted molar refractivity (Wildman–Crippen MR) is 156 cm³/mol. The van der Waals surface area contributed by atoms with Crippen molar-refractivity contribution >= 4 is 34.6 Å². The van der Waals surface area contributed by atoms with Crippen LogP contribution in [-0.4, -0.2) is 87.4 Å². The third kappa shape index (κ3) is 6.61. The predicted octanol–water partition coefficient (Wildman–Crippen LogP) is 3.73. The van der Waals surface area contributed by atoms with Crippen molar-refractivity contribution in [2.24, 2.45) is 0 Å². The van der Waals surface area contributed by atoms with E-state index in [2.05, 4.69) is 50.0 Å². The number of hydrogen-bond acceptors (Lipinski definition) is 10. The van der Waals surface area contributed by atoms with E-state index in [0.717, 1.165) is 43.2 Å². The average molecular weight is 546 g/mol. The van der Waals surface area contributed by atoms with Crippen LogP contribution >= 0.6 is 0 Å². The highest BCUT2D eigenvalue weighted by molar-refractivity contribution is 5.98. The van der Waals surface area contributed by atoms with Gasteiger partial charge in [-0.15, -0.1) is 0 Å². The minimum Gasteiger partial charge on any atom is -0.494 e. The highest BCUT2D eigenvalue weighted by atomic mass is 16.5. The molecule has 1 amide bonds. The van der Waals surface area contributed by atoms with E-state index in [9.17, 15) is 4.79 Å². The molecule has 11 heteroatoms. The number of nitrogens with zero attached hydrogens (tertiary/aromatic N) is 5. The van der Waals surface area contributed by atoms with Gasteiger partial charge in [-0.25, -0.2) is 4.98 Å². The maximum Gasteiger partial charge on any atom is 0.248 e. The molecule has 5 rings (SSSR count). The Kier molecular flexibility index (Phi) is 8.62. The molecule has 2 N–H and O–H groups in total. The van der Waals surface area contributed by atoms with Gasteiger partial charge in [0.25, 0.3) is 0 Å². The van der Waals surface area contributed by atoms with Crippen LogP contribution in [0.3, 0.4) is 0 Å². The van der Waals surface area contributed by atoms with Gasteiger partial charge in [0.2, 0.25) is 17.7 Å². The molecule has 3 heterocycles. The third-order valence-corrected chi connectivity index (χ3v) is 6.91. The van der Waals surface area contributed by atoms with Crippen LogP contribution in [0.4, 0.5) is 28.7 Å². The minimum atomic E-state index is -0.276. The molecule has 1 aromatic heterocycles. The lowest BCUT2D eigenvalue weighted by molar-refractivity contribution is -0.111. The molecule has 3 aromatic rings. The van der Waals surface area contributed by atoms with Crippen LogP contribution in [0.25, 0.3) is 0 Å². The fourth-order valence-corrected chi connectivity index (χ4v) is 4.59. The van der Waals surface area contributed by atoms with E-state index in [-0.39, 0.29) is 5.91 Å². The molecule has 0 unspecified atom stereocenters. The topological polar surface area (TPSA) is 104 Å². The fourth-order valence-electron chi connectivity index (χ4n) is 4.59. The molecule has 11 nitrogen and oxygen atoms in total. The van der Waals surface area contributed by atoms with Gasteiger partial charge in [0.1, 0.15) is 17.2 Å². The first-order valence-electron chi connectivity index (χ1n) is 13.3. The zero-order valence-corrected chi connectivity index (χ0v) is 22.9. The average Bonchev–Trinajstić information content (AvgIpc) is 2.99. The van der Waals surface area contributed by atoms with Gasteiger partial charge in [0, 0.05) is 56.7 Å². The molecule has 0 bridgehead atoms. The van der Waals surface area contributed by atoms with E-state index in [4.69, 9.17) is 19.2 Å². The molecular weight excluding hydrogens is 510 g/mol. The first kappa shape index (κ1) is 27.2. The van der Waals surface area contributed by atoms with E-state index < -0.39 is 0 Å². The van der Waals surface area contributed by atoms with Gasteiger partial charge < -0.3 is 39.5 Å². The number of morpholine rings is 1. The molecule has 2 fully saturated rings. The van der Waals surface area contributed by atoms with Gasteiger partial charge in [-0.3, -0.25) is 4.79 Å². The summed E-state index contributed by atoms with van der Waals surface area (Å²) >= 11 is 0. The smallest absolute Gasteiger partial charge is 0.248 e. The maximum absolute atomic E-state index is 11.6. The first-order valence-corrected chi connectivity index (χ1v) is 13.3. The van der Waals surface area contributed by atoms with Gasteiger partial charge in [0.05, 0.1) is 32.2 Å². The SMILES string of the molecule is C=CC(=O)Nc1ccc(Oc2nc(Nc3ccc(N4CCN(C)CC4)cc3OC)ncc2N2CCOCC2)cc1. The fraction of sp³-hybridized carbons (Fsp3) is 0.345. The van der Waals surface area contributed by atoms with Gasteiger partial charge >= 0.3 is 0 Å². The number of anilines is 5. The lowest BCUT2D eigenvalue weighted by Gasteiger charge is -2.34. The molecule has 0 spiro atoms. The largest absolute Gasteiger partial charge is 0.494 e.